The Bertz CT molecular complexity index is 1570. The van der Waals surface area contributed by atoms with Crippen molar-refractivity contribution in [3.63, 3.8) is 0 Å². The first-order valence-electron chi connectivity index (χ1n) is 13.4. The molecule has 0 radical (unpaired) electrons. The van der Waals surface area contributed by atoms with Gasteiger partial charge in [0.2, 0.25) is 0 Å². The maximum atomic E-state index is 13.6. The lowest BCUT2D eigenvalue weighted by atomic mass is 9.77. The van der Waals surface area contributed by atoms with Gasteiger partial charge in [0.05, 0.1) is 36.5 Å². The number of carbonyl (C=O) groups is 2. The third-order valence-electron chi connectivity index (χ3n) is 7.46. The number of rotatable bonds is 8. The molecule has 11 heteroatoms. The summed E-state index contributed by atoms with van der Waals surface area (Å²) in [6.07, 6.45) is 4.64. The molecule has 0 spiro atoms. The van der Waals surface area contributed by atoms with E-state index in [0.717, 1.165) is 53.5 Å². The third kappa shape index (κ3) is 5.80. The number of hydrogen-bond donors (Lipinski definition) is 1. The van der Waals surface area contributed by atoms with Crippen molar-refractivity contribution in [2.24, 2.45) is 11.0 Å². The van der Waals surface area contributed by atoms with Crippen molar-refractivity contribution in [3.8, 4) is 11.5 Å². The number of esters is 1. The zero-order valence-corrected chi connectivity index (χ0v) is 23.2. The van der Waals surface area contributed by atoms with E-state index in [4.69, 9.17) is 25.0 Å². The molecule has 42 heavy (non-hydrogen) atoms. The van der Waals surface area contributed by atoms with Gasteiger partial charge in [0.25, 0.3) is 11.6 Å². The number of benzene rings is 3. The van der Waals surface area contributed by atoms with Gasteiger partial charge in [0, 0.05) is 12.0 Å². The van der Waals surface area contributed by atoms with Gasteiger partial charge in [0.1, 0.15) is 17.2 Å². The largest absolute Gasteiger partial charge is 0.497 e. The fraction of sp³-hybridized carbons (Fsp3) is 0.258. The van der Waals surface area contributed by atoms with Crippen LogP contribution in [-0.4, -0.2) is 48.3 Å². The van der Waals surface area contributed by atoms with E-state index in [1.54, 1.807) is 14.2 Å². The SMILES string of the molecule is COc1ccc(C=C2CCCC3C2=NN(C(=O)COC(=O)c2ccc(N)c([N+](=O)[O-])c2)C3c2ccc(OC)cc2)cc1. The van der Waals surface area contributed by atoms with E-state index in [0.29, 0.717) is 5.75 Å². The van der Waals surface area contributed by atoms with Gasteiger partial charge < -0.3 is 19.9 Å². The van der Waals surface area contributed by atoms with Crippen molar-refractivity contribution in [3.05, 3.63) is 99.1 Å². The molecule has 216 valence electrons. The van der Waals surface area contributed by atoms with Crippen LogP contribution in [0.4, 0.5) is 11.4 Å². The minimum Gasteiger partial charge on any atom is -0.497 e. The Morgan fingerprint density at radius 2 is 1.71 bits per heavy atom. The summed E-state index contributed by atoms with van der Waals surface area (Å²) in [6, 6.07) is 18.4. The van der Waals surface area contributed by atoms with Gasteiger partial charge in [-0.1, -0.05) is 24.3 Å². The number of allylic oxidation sites excluding steroid dienone is 1. The number of nitro benzene ring substituents is 1. The number of methoxy groups -OCH3 is 2. The number of nitrogen functional groups attached to an aromatic ring is 1. The first-order chi connectivity index (χ1) is 20.3. The van der Waals surface area contributed by atoms with E-state index in [1.165, 1.54) is 17.1 Å². The number of hydrogen-bond acceptors (Lipinski definition) is 9. The van der Waals surface area contributed by atoms with Crippen LogP contribution in [0, 0.1) is 16.0 Å². The van der Waals surface area contributed by atoms with Gasteiger partial charge in [-0.15, -0.1) is 0 Å². The first-order valence-corrected chi connectivity index (χ1v) is 13.4. The minimum absolute atomic E-state index is 0.0592. The zero-order chi connectivity index (χ0) is 29.8. The number of fused-ring (bicyclic) bond motifs is 1. The Labute approximate surface area is 242 Å². The Morgan fingerprint density at radius 3 is 2.36 bits per heavy atom. The smallest absolute Gasteiger partial charge is 0.338 e. The number of nitrogens with two attached hydrogens (primary N) is 1. The molecule has 2 unspecified atom stereocenters. The summed E-state index contributed by atoms with van der Waals surface area (Å²) in [7, 11) is 3.21. The zero-order valence-electron chi connectivity index (χ0n) is 23.2. The Hall–Kier alpha value is -5.19. The number of hydrazone groups is 1. The van der Waals surface area contributed by atoms with Crippen LogP contribution in [0.3, 0.4) is 0 Å². The summed E-state index contributed by atoms with van der Waals surface area (Å²) in [5, 5.41) is 17.4. The number of carbonyl (C=O) groups excluding carboxylic acids is 2. The summed E-state index contributed by atoms with van der Waals surface area (Å²) < 4.78 is 15.9. The molecule has 1 aliphatic carbocycles. The Morgan fingerprint density at radius 1 is 1.05 bits per heavy atom. The molecule has 2 N–H and O–H groups in total. The van der Waals surface area contributed by atoms with E-state index < -0.39 is 35.1 Å². The molecule has 1 heterocycles. The van der Waals surface area contributed by atoms with E-state index in [9.17, 15) is 19.7 Å². The van der Waals surface area contributed by atoms with Gasteiger partial charge >= 0.3 is 5.97 Å². The van der Waals surface area contributed by atoms with Crippen LogP contribution in [-0.2, 0) is 9.53 Å². The maximum Gasteiger partial charge on any atom is 0.338 e. The molecule has 2 atom stereocenters. The summed E-state index contributed by atoms with van der Waals surface area (Å²) in [6.45, 7) is -0.593. The second-order valence-corrected chi connectivity index (χ2v) is 9.99. The molecule has 3 aromatic rings. The van der Waals surface area contributed by atoms with Crippen LogP contribution in [0.1, 0.15) is 46.8 Å². The lowest BCUT2D eigenvalue weighted by Gasteiger charge is -2.29. The molecule has 1 fully saturated rings. The topological polar surface area (TPSA) is 147 Å². The standard InChI is InChI=1S/C31H30N4O7/c1-40-23-11-6-19(7-12-23)16-21-4-3-5-25-29(21)33-34(30(25)20-8-13-24(41-2)14-9-20)28(36)18-42-31(37)22-10-15-26(32)27(17-22)35(38)39/h6-17,25,30H,3-5,18,32H2,1-2H3. The van der Waals surface area contributed by atoms with Gasteiger partial charge in [-0.05, 0) is 78.4 Å². The highest BCUT2D eigenvalue weighted by Crippen LogP contribution is 2.44. The van der Waals surface area contributed by atoms with Gasteiger partial charge in [-0.2, -0.15) is 5.10 Å². The normalized spacial score (nSPS) is 18.7. The molecular formula is C31H30N4O7. The fourth-order valence-electron chi connectivity index (χ4n) is 5.35. The van der Waals surface area contributed by atoms with Crippen LogP contribution < -0.4 is 15.2 Å². The maximum absolute atomic E-state index is 13.6. The summed E-state index contributed by atoms with van der Waals surface area (Å²) >= 11 is 0. The van der Waals surface area contributed by atoms with Crippen molar-refractivity contribution in [1.29, 1.82) is 0 Å². The van der Waals surface area contributed by atoms with Gasteiger partial charge in [-0.25, -0.2) is 9.80 Å². The highest BCUT2D eigenvalue weighted by Gasteiger charge is 2.44. The van der Waals surface area contributed by atoms with E-state index in [2.05, 4.69) is 6.08 Å². The second kappa shape index (κ2) is 12.1. The monoisotopic (exact) mass is 570 g/mol. The quantitative estimate of drug-likeness (QED) is 0.169. The lowest BCUT2D eigenvalue weighted by Crippen LogP contribution is -2.34. The van der Waals surface area contributed by atoms with Crippen molar-refractivity contribution >= 4 is 35.0 Å². The van der Waals surface area contributed by atoms with Crippen molar-refractivity contribution in [1.82, 2.24) is 5.01 Å². The summed E-state index contributed by atoms with van der Waals surface area (Å²) in [5.74, 6) is -0.00461. The minimum atomic E-state index is -0.878. The Kier molecular flexibility index (Phi) is 8.19. The molecule has 1 amide bonds. The molecule has 0 aromatic heterocycles. The predicted molar refractivity (Wildman–Crippen MR) is 156 cm³/mol. The van der Waals surface area contributed by atoms with Gasteiger partial charge in [0.15, 0.2) is 6.61 Å². The predicted octanol–water partition coefficient (Wildman–Crippen LogP) is 5.17. The number of anilines is 1. The van der Waals surface area contributed by atoms with Gasteiger partial charge in [-0.3, -0.25) is 14.9 Å². The second-order valence-electron chi connectivity index (χ2n) is 9.99. The van der Waals surface area contributed by atoms with E-state index >= 15 is 0 Å². The molecule has 1 saturated carbocycles. The Balaban J connectivity index is 1.42. The third-order valence-corrected chi connectivity index (χ3v) is 7.46. The molecule has 2 aliphatic rings. The van der Waals surface area contributed by atoms with E-state index in [1.807, 2.05) is 48.5 Å². The molecule has 1 aliphatic heterocycles. The van der Waals surface area contributed by atoms with Crippen LogP contribution >= 0.6 is 0 Å². The number of amides is 1. The number of nitro groups is 1. The molecule has 0 saturated heterocycles. The van der Waals surface area contributed by atoms with Crippen LogP contribution in [0.25, 0.3) is 6.08 Å². The average Bonchev–Trinajstić information content (AvgIpc) is 3.41. The number of ether oxygens (including phenoxy) is 3. The molecule has 11 nitrogen and oxygen atoms in total. The van der Waals surface area contributed by atoms with Crippen LogP contribution in [0.2, 0.25) is 0 Å². The highest BCUT2D eigenvalue weighted by molar-refractivity contribution is 6.08. The summed E-state index contributed by atoms with van der Waals surface area (Å²) in [4.78, 5) is 36.8. The lowest BCUT2D eigenvalue weighted by molar-refractivity contribution is -0.383. The van der Waals surface area contributed by atoms with Crippen molar-refractivity contribution < 1.29 is 28.7 Å². The van der Waals surface area contributed by atoms with E-state index in [-0.39, 0.29) is 17.2 Å². The van der Waals surface area contributed by atoms with Crippen molar-refractivity contribution in [2.45, 2.75) is 25.3 Å². The van der Waals surface area contributed by atoms with Crippen LogP contribution in [0.5, 0.6) is 11.5 Å². The molecule has 3 aromatic carbocycles. The van der Waals surface area contributed by atoms with Crippen LogP contribution in [0.15, 0.2) is 77.4 Å². The average molecular weight is 571 g/mol. The molecular weight excluding hydrogens is 540 g/mol. The summed E-state index contributed by atoms with van der Waals surface area (Å²) in [5.41, 5.74) is 8.78. The number of nitrogens with zero attached hydrogens (tertiary/aromatic N) is 3. The fourth-order valence-corrected chi connectivity index (χ4v) is 5.35. The highest BCUT2D eigenvalue weighted by atomic mass is 16.6. The molecule has 5 rings (SSSR count). The van der Waals surface area contributed by atoms with Crippen molar-refractivity contribution in [2.75, 3.05) is 26.6 Å². The molecule has 0 bridgehead atoms. The first kappa shape index (κ1) is 28.3.